The Kier molecular flexibility index (Phi) is 4.33. The van der Waals surface area contributed by atoms with Crippen molar-refractivity contribution in [1.29, 1.82) is 0 Å². The van der Waals surface area contributed by atoms with E-state index < -0.39 is 0 Å². The largest absolute Gasteiger partial charge is 0.310 e. The number of rotatable bonds is 5. The summed E-state index contributed by atoms with van der Waals surface area (Å²) >= 11 is 0. The van der Waals surface area contributed by atoms with Gasteiger partial charge in [0.05, 0.1) is 0 Å². The third kappa shape index (κ3) is 3.30. The molecule has 1 aromatic heterocycles. The van der Waals surface area contributed by atoms with Gasteiger partial charge >= 0.3 is 0 Å². The summed E-state index contributed by atoms with van der Waals surface area (Å²) in [6.07, 6.45) is 2.75. The van der Waals surface area contributed by atoms with Crippen molar-refractivity contribution < 1.29 is 0 Å². The molecule has 1 N–H and O–H groups in total. The van der Waals surface area contributed by atoms with Crippen LogP contribution in [0, 0.1) is 0 Å². The second kappa shape index (κ2) is 5.55. The summed E-state index contributed by atoms with van der Waals surface area (Å²) in [6.45, 7) is 9.10. The van der Waals surface area contributed by atoms with E-state index in [1.165, 1.54) is 0 Å². The summed E-state index contributed by atoms with van der Waals surface area (Å²) in [6, 6.07) is 6.35. The Morgan fingerprint density at radius 2 is 2.36 bits per heavy atom. The van der Waals surface area contributed by atoms with E-state index in [-0.39, 0.29) is 0 Å². The van der Waals surface area contributed by atoms with Crippen LogP contribution in [0.3, 0.4) is 0 Å². The van der Waals surface area contributed by atoms with E-state index in [1.807, 2.05) is 24.4 Å². The molecular weight excluding hydrogens is 172 g/mol. The Labute approximate surface area is 86.1 Å². The standard InChI is InChI=1S/C12H18N2/c1-4-13-12(10(2)3)9-11-7-5-6-8-14-11/h5-8,12-13H,2,4,9H2,1,3H3. The lowest BCUT2D eigenvalue weighted by Crippen LogP contribution is -2.31. The molecule has 0 saturated carbocycles. The zero-order valence-corrected chi connectivity index (χ0v) is 8.96. The highest BCUT2D eigenvalue weighted by molar-refractivity contribution is 5.11. The molecule has 0 radical (unpaired) electrons. The Balaban J connectivity index is 2.60. The van der Waals surface area contributed by atoms with Crippen LogP contribution in [0.15, 0.2) is 36.5 Å². The van der Waals surface area contributed by atoms with Crippen LogP contribution in [0.1, 0.15) is 19.5 Å². The molecule has 1 atom stereocenters. The van der Waals surface area contributed by atoms with Crippen LogP contribution in [-0.2, 0) is 6.42 Å². The lowest BCUT2D eigenvalue weighted by Gasteiger charge is -2.17. The van der Waals surface area contributed by atoms with Gasteiger partial charge in [0.2, 0.25) is 0 Å². The Morgan fingerprint density at radius 3 is 2.86 bits per heavy atom. The van der Waals surface area contributed by atoms with E-state index in [4.69, 9.17) is 0 Å². The number of nitrogens with zero attached hydrogens (tertiary/aromatic N) is 1. The minimum atomic E-state index is 0.342. The molecule has 2 heteroatoms. The number of pyridine rings is 1. The fourth-order valence-electron chi connectivity index (χ4n) is 1.40. The van der Waals surface area contributed by atoms with Gasteiger partial charge in [0.25, 0.3) is 0 Å². The Bertz CT molecular complexity index is 280. The van der Waals surface area contributed by atoms with E-state index in [0.29, 0.717) is 6.04 Å². The van der Waals surface area contributed by atoms with E-state index in [2.05, 4.69) is 30.7 Å². The van der Waals surface area contributed by atoms with Crippen molar-refractivity contribution in [1.82, 2.24) is 10.3 Å². The molecule has 1 aromatic rings. The fraction of sp³-hybridized carbons (Fsp3) is 0.417. The normalized spacial score (nSPS) is 12.4. The van der Waals surface area contributed by atoms with Crippen LogP contribution in [0.4, 0.5) is 0 Å². The van der Waals surface area contributed by atoms with Gasteiger partial charge in [-0.2, -0.15) is 0 Å². The quantitative estimate of drug-likeness (QED) is 0.720. The van der Waals surface area contributed by atoms with Gasteiger partial charge < -0.3 is 5.32 Å². The van der Waals surface area contributed by atoms with Crippen LogP contribution in [-0.4, -0.2) is 17.6 Å². The van der Waals surface area contributed by atoms with Crippen LogP contribution in [0.25, 0.3) is 0 Å². The highest BCUT2D eigenvalue weighted by Gasteiger charge is 2.08. The minimum Gasteiger partial charge on any atom is -0.310 e. The molecule has 0 aliphatic carbocycles. The van der Waals surface area contributed by atoms with Crippen molar-refractivity contribution in [3.63, 3.8) is 0 Å². The van der Waals surface area contributed by atoms with Gasteiger partial charge in [-0.05, 0) is 25.6 Å². The summed E-state index contributed by atoms with van der Waals surface area (Å²) in [5.41, 5.74) is 2.28. The average Bonchev–Trinajstić information content (AvgIpc) is 2.18. The predicted molar refractivity (Wildman–Crippen MR) is 60.2 cm³/mol. The van der Waals surface area contributed by atoms with Crippen molar-refractivity contribution in [2.75, 3.05) is 6.54 Å². The smallest absolute Gasteiger partial charge is 0.0422 e. The molecule has 0 aliphatic rings. The summed E-state index contributed by atoms with van der Waals surface area (Å²) in [5.74, 6) is 0. The lowest BCUT2D eigenvalue weighted by atomic mass is 10.0. The van der Waals surface area contributed by atoms with Crippen LogP contribution >= 0.6 is 0 Å². The summed E-state index contributed by atoms with van der Waals surface area (Å²) < 4.78 is 0. The highest BCUT2D eigenvalue weighted by Crippen LogP contribution is 2.05. The zero-order valence-electron chi connectivity index (χ0n) is 8.96. The first-order valence-electron chi connectivity index (χ1n) is 5.02. The first kappa shape index (κ1) is 10.9. The third-order valence-corrected chi connectivity index (χ3v) is 2.18. The molecule has 0 bridgehead atoms. The molecule has 76 valence electrons. The number of hydrogen-bond donors (Lipinski definition) is 1. The van der Waals surface area contributed by atoms with Crippen molar-refractivity contribution >= 4 is 0 Å². The van der Waals surface area contributed by atoms with Crippen molar-refractivity contribution in [2.45, 2.75) is 26.3 Å². The van der Waals surface area contributed by atoms with Gasteiger partial charge in [-0.15, -0.1) is 0 Å². The van der Waals surface area contributed by atoms with Gasteiger partial charge in [-0.3, -0.25) is 4.98 Å². The second-order valence-corrected chi connectivity index (χ2v) is 3.48. The monoisotopic (exact) mass is 190 g/mol. The van der Waals surface area contributed by atoms with E-state index >= 15 is 0 Å². The van der Waals surface area contributed by atoms with Gasteiger partial charge in [0, 0.05) is 24.4 Å². The van der Waals surface area contributed by atoms with Crippen LogP contribution in [0.5, 0.6) is 0 Å². The maximum absolute atomic E-state index is 4.30. The number of hydrogen-bond acceptors (Lipinski definition) is 2. The third-order valence-electron chi connectivity index (χ3n) is 2.18. The molecule has 0 aliphatic heterocycles. The summed E-state index contributed by atoms with van der Waals surface area (Å²) in [4.78, 5) is 4.30. The SMILES string of the molecule is C=C(C)C(Cc1ccccn1)NCC. The number of aromatic nitrogens is 1. The summed E-state index contributed by atoms with van der Waals surface area (Å²) in [5, 5.41) is 3.39. The second-order valence-electron chi connectivity index (χ2n) is 3.48. The first-order chi connectivity index (χ1) is 6.74. The van der Waals surface area contributed by atoms with Gasteiger partial charge in [-0.1, -0.05) is 25.1 Å². The molecule has 0 saturated heterocycles. The van der Waals surface area contributed by atoms with Crippen molar-refractivity contribution in [3.05, 3.63) is 42.2 Å². The predicted octanol–water partition coefficient (Wildman–Crippen LogP) is 2.18. The number of likely N-dealkylation sites (N-methyl/N-ethyl adjacent to an activating group) is 1. The van der Waals surface area contributed by atoms with Gasteiger partial charge in [-0.25, -0.2) is 0 Å². The topological polar surface area (TPSA) is 24.9 Å². The molecule has 0 fully saturated rings. The number of nitrogens with one attached hydrogen (secondary N) is 1. The lowest BCUT2D eigenvalue weighted by molar-refractivity contribution is 0.581. The van der Waals surface area contributed by atoms with Crippen molar-refractivity contribution in [3.8, 4) is 0 Å². The molecule has 14 heavy (non-hydrogen) atoms. The minimum absolute atomic E-state index is 0.342. The van der Waals surface area contributed by atoms with Gasteiger partial charge in [0.1, 0.15) is 0 Å². The van der Waals surface area contributed by atoms with Crippen LogP contribution < -0.4 is 5.32 Å². The average molecular weight is 190 g/mol. The molecule has 1 heterocycles. The molecule has 0 spiro atoms. The fourth-order valence-corrected chi connectivity index (χ4v) is 1.40. The molecule has 1 unspecified atom stereocenters. The van der Waals surface area contributed by atoms with Crippen LogP contribution in [0.2, 0.25) is 0 Å². The zero-order chi connectivity index (χ0) is 10.4. The molecule has 2 nitrogen and oxygen atoms in total. The Morgan fingerprint density at radius 1 is 1.57 bits per heavy atom. The van der Waals surface area contributed by atoms with Gasteiger partial charge in [0.15, 0.2) is 0 Å². The summed E-state index contributed by atoms with van der Waals surface area (Å²) in [7, 11) is 0. The van der Waals surface area contributed by atoms with E-state index in [0.717, 1.165) is 24.2 Å². The molecule has 0 amide bonds. The first-order valence-corrected chi connectivity index (χ1v) is 5.02. The van der Waals surface area contributed by atoms with E-state index in [1.54, 1.807) is 0 Å². The Hall–Kier alpha value is -1.15. The van der Waals surface area contributed by atoms with Crippen molar-refractivity contribution in [2.24, 2.45) is 0 Å². The highest BCUT2D eigenvalue weighted by atomic mass is 14.9. The van der Waals surface area contributed by atoms with E-state index in [9.17, 15) is 0 Å². The molecular formula is C12H18N2. The maximum atomic E-state index is 4.30. The molecule has 0 aromatic carbocycles. The molecule has 1 rings (SSSR count). The maximum Gasteiger partial charge on any atom is 0.0422 e.